The fourth-order valence-electron chi connectivity index (χ4n) is 1.16. The molecule has 0 radical (unpaired) electrons. The van der Waals surface area contributed by atoms with Crippen LogP contribution < -0.4 is 4.74 Å². The van der Waals surface area contributed by atoms with Gasteiger partial charge in [-0.25, -0.2) is 0 Å². The summed E-state index contributed by atoms with van der Waals surface area (Å²) in [5, 5.41) is 7.41. The summed E-state index contributed by atoms with van der Waals surface area (Å²) >= 11 is 0. The monoisotopic (exact) mass is 190 g/mol. The summed E-state index contributed by atoms with van der Waals surface area (Å²) in [6.45, 7) is 2.62. The minimum absolute atomic E-state index is 0.521. The molecule has 0 bridgehead atoms. The number of aromatic nitrogens is 2. The van der Waals surface area contributed by atoms with Crippen LogP contribution in [0.3, 0.4) is 0 Å². The molecule has 0 amide bonds. The Morgan fingerprint density at radius 1 is 1.29 bits per heavy atom. The molecule has 2 aromatic rings. The third kappa shape index (κ3) is 1.74. The Labute approximate surface area is 81.5 Å². The summed E-state index contributed by atoms with van der Waals surface area (Å²) in [6, 6.07) is 7.53. The standard InChI is InChI=1S/C10H10N2O2/c1-2-13-9-5-3-8(4-6-9)10-12-11-7-14-10/h3-7H,2H2,1H3. The normalized spacial score (nSPS) is 10.1. The van der Waals surface area contributed by atoms with E-state index in [-0.39, 0.29) is 0 Å². The molecular formula is C10H10N2O2. The summed E-state index contributed by atoms with van der Waals surface area (Å²) in [5.41, 5.74) is 0.894. The third-order valence-corrected chi connectivity index (χ3v) is 1.77. The predicted octanol–water partition coefficient (Wildman–Crippen LogP) is 2.14. The highest BCUT2D eigenvalue weighted by Gasteiger charge is 2.02. The molecule has 0 atom stereocenters. The van der Waals surface area contributed by atoms with Gasteiger partial charge in [0.2, 0.25) is 12.3 Å². The van der Waals surface area contributed by atoms with E-state index in [1.165, 1.54) is 6.39 Å². The number of hydrogen-bond donors (Lipinski definition) is 0. The lowest BCUT2D eigenvalue weighted by Crippen LogP contribution is -1.90. The Morgan fingerprint density at radius 3 is 2.64 bits per heavy atom. The van der Waals surface area contributed by atoms with E-state index in [2.05, 4.69) is 10.2 Å². The first kappa shape index (κ1) is 8.74. The maximum atomic E-state index is 5.31. The maximum Gasteiger partial charge on any atom is 0.247 e. The summed E-state index contributed by atoms with van der Waals surface area (Å²) in [7, 11) is 0. The van der Waals surface area contributed by atoms with Gasteiger partial charge in [-0.15, -0.1) is 10.2 Å². The summed E-state index contributed by atoms with van der Waals surface area (Å²) in [5.74, 6) is 1.36. The first-order valence-electron chi connectivity index (χ1n) is 4.39. The van der Waals surface area contributed by atoms with E-state index in [0.29, 0.717) is 12.5 Å². The van der Waals surface area contributed by atoms with E-state index < -0.39 is 0 Å². The zero-order valence-corrected chi connectivity index (χ0v) is 7.80. The van der Waals surface area contributed by atoms with Crippen molar-refractivity contribution in [2.24, 2.45) is 0 Å². The Balaban J connectivity index is 2.22. The van der Waals surface area contributed by atoms with Gasteiger partial charge in [-0.3, -0.25) is 0 Å². The summed E-state index contributed by atoms with van der Waals surface area (Å²) in [4.78, 5) is 0. The smallest absolute Gasteiger partial charge is 0.247 e. The van der Waals surface area contributed by atoms with Gasteiger partial charge in [0.15, 0.2) is 0 Å². The van der Waals surface area contributed by atoms with Crippen molar-refractivity contribution in [3.63, 3.8) is 0 Å². The number of rotatable bonds is 3. The van der Waals surface area contributed by atoms with E-state index in [1.807, 2.05) is 31.2 Å². The van der Waals surface area contributed by atoms with Gasteiger partial charge in [-0.1, -0.05) is 0 Å². The molecule has 0 fully saturated rings. The zero-order valence-electron chi connectivity index (χ0n) is 7.80. The van der Waals surface area contributed by atoms with Crippen LogP contribution in [0.2, 0.25) is 0 Å². The SMILES string of the molecule is CCOc1ccc(-c2nnco2)cc1. The van der Waals surface area contributed by atoms with Crippen LogP contribution in [0.25, 0.3) is 11.5 Å². The molecule has 0 saturated heterocycles. The Hall–Kier alpha value is -1.84. The molecule has 0 spiro atoms. The van der Waals surface area contributed by atoms with Crippen LogP contribution in [0, 0.1) is 0 Å². The number of nitrogens with zero attached hydrogens (tertiary/aromatic N) is 2. The lowest BCUT2D eigenvalue weighted by Gasteiger charge is -2.02. The van der Waals surface area contributed by atoms with Gasteiger partial charge < -0.3 is 9.15 Å². The van der Waals surface area contributed by atoms with E-state index >= 15 is 0 Å². The molecule has 1 heterocycles. The van der Waals surface area contributed by atoms with Crippen LogP contribution in [0.5, 0.6) is 5.75 Å². The third-order valence-electron chi connectivity index (χ3n) is 1.77. The molecule has 0 saturated carbocycles. The lowest BCUT2D eigenvalue weighted by molar-refractivity contribution is 0.340. The van der Waals surface area contributed by atoms with E-state index in [0.717, 1.165) is 11.3 Å². The highest BCUT2D eigenvalue weighted by atomic mass is 16.5. The summed E-state index contributed by atoms with van der Waals surface area (Å²) in [6.07, 6.45) is 1.31. The lowest BCUT2D eigenvalue weighted by atomic mass is 10.2. The Morgan fingerprint density at radius 2 is 2.07 bits per heavy atom. The van der Waals surface area contributed by atoms with E-state index in [1.54, 1.807) is 0 Å². The van der Waals surface area contributed by atoms with Crippen LogP contribution in [0.15, 0.2) is 35.1 Å². The molecule has 1 aromatic carbocycles. The fraction of sp³-hybridized carbons (Fsp3) is 0.200. The van der Waals surface area contributed by atoms with Gasteiger partial charge >= 0.3 is 0 Å². The molecule has 0 N–H and O–H groups in total. The number of hydrogen-bond acceptors (Lipinski definition) is 4. The van der Waals surface area contributed by atoms with Crippen molar-refractivity contribution in [2.45, 2.75) is 6.92 Å². The molecule has 0 aliphatic carbocycles. The van der Waals surface area contributed by atoms with Gasteiger partial charge in [0, 0.05) is 5.56 Å². The van der Waals surface area contributed by atoms with Crippen LogP contribution in [-0.2, 0) is 0 Å². The first-order valence-corrected chi connectivity index (χ1v) is 4.39. The highest BCUT2D eigenvalue weighted by Crippen LogP contribution is 2.19. The quantitative estimate of drug-likeness (QED) is 0.743. The molecule has 4 heteroatoms. The van der Waals surface area contributed by atoms with Crippen LogP contribution >= 0.6 is 0 Å². The van der Waals surface area contributed by atoms with Gasteiger partial charge in [0.25, 0.3) is 0 Å². The Kier molecular flexibility index (Phi) is 2.44. The molecule has 14 heavy (non-hydrogen) atoms. The molecular weight excluding hydrogens is 180 g/mol. The van der Waals surface area contributed by atoms with Crippen molar-refractivity contribution in [2.75, 3.05) is 6.61 Å². The van der Waals surface area contributed by atoms with Crippen LogP contribution in [0.1, 0.15) is 6.92 Å². The van der Waals surface area contributed by atoms with Gasteiger partial charge in [0.05, 0.1) is 6.61 Å². The van der Waals surface area contributed by atoms with Crippen LogP contribution in [-0.4, -0.2) is 16.8 Å². The van der Waals surface area contributed by atoms with Crippen molar-refractivity contribution in [1.29, 1.82) is 0 Å². The molecule has 4 nitrogen and oxygen atoms in total. The first-order chi connectivity index (χ1) is 6.90. The molecule has 72 valence electrons. The highest BCUT2D eigenvalue weighted by molar-refractivity contribution is 5.53. The summed E-state index contributed by atoms with van der Waals surface area (Å²) < 4.78 is 10.4. The minimum Gasteiger partial charge on any atom is -0.494 e. The van der Waals surface area contributed by atoms with Crippen LogP contribution in [0.4, 0.5) is 0 Å². The zero-order chi connectivity index (χ0) is 9.80. The predicted molar refractivity (Wildman–Crippen MR) is 50.9 cm³/mol. The van der Waals surface area contributed by atoms with E-state index in [9.17, 15) is 0 Å². The number of benzene rings is 1. The average molecular weight is 190 g/mol. The molecule has 0 aliphatic heterocycles. The molecule has 1 aromatic heterocycles. The van der Waals surface area contributed by atoms with Crippen molar-refractivity contribution >= 4 is 0 Å². The van der Waals surface area contributed by atoms with Crippen molar-refractivity contribution in [1.82, 2.24) is 10.2 Å². The van der Waals surface area contributed by atoms with Gasteiger partial charge in [-0.05, 0) is 31.2 Å². The number of ether oxygens (including phenoxy) is 1. The second-order valence-electron chi connectivity index (χ2n) is 2.70. The van der Waals surface area contributed by atoms with E-state index in [4.69, 9.17) is 9.15 Å². The fourth-order valence-corrected chi connectivity index (χ4v) is 1.16. The molecule has 0 unspecified atom stereocenters. The van der Waals surface area contributed by atoms with Gasteiger partial charge in [-0.2, -0.15) is 0 Å². The average Bonchev–Trinajstić information content (AvgIpc) is 2.72. The molecule has 0 aliphatic rings. The van der Waals surface area contributed by atoms with Crippen molar-refractivity contribution in [3.05, 3.63) is 30.7 Å². The largest absolute Gasteiger partial charge is 0.494 e. The maximum absolute atomic E-state index is 5.31. The second-order valence-corrected chi connectivity index (χ2v) is 2.70. The minimum atomic E-state index is 0.521. The molecule has 2 rings (SSSR count). The second kappa shape index (κ2) is 3.91. The van der Waals surface area contributed by atoms with Crippen molar-refractivity contribution in [3.8, 4) is 17.2 Å². The topological polar surface area (TPSA) is 48.2 Å². The Bertz CT molecular complexity index is 381. The van der Waals surface area contributed by atoms with Gasteiger partial charge in [0.1, 0.15) is 5.75 Å². The van der Waals surface area contributed by atoms with Crippen molar-refractivity contribution < 1.29 is 9.15 Å².